The highest BCUT2D eigenvalue weighted by Gasteiger charge is 2.34. The number of ether oxygens (including phenoxy) is 1. The average Bonchev–Trinajstić information content (AvgIpc) is 2.32. The highest BCUT2D eigenvalue weighted by Crippen LogP contribution is 2.36. The smallest absolute Gasteiger partial charge is 0.0581 e. The van der Waals surface area contributed by atoms with Gasteiger partial charge in [0, 0.05) is 13.2 Å². The second-order valence-corrected chi connectivity index (χ2v) is 5.10. The molecule has 0 aromatic heterocycles. The van der Waals surface area contributed by atoms with Crippen molar-refractivity contribution in [3.63, 3.8) is 0 Å². The lowest BCUT2D eigenvalue weighted by molar-refractivity contribution is -0.0372. The van der Waals surface area contributed by atoms with E-state index in [4.69, 9.17) is 4.74 Å². The lowest BCUT2D eigenvalue weighted by Gasteiger charge is -2.39. The monoisotopic (exact) mass is 213 g/mol. The fourth-order valence-corrected chi connectivity index (χ4v) is 2.84. The second-order valence-electron chi connectivity index (χ2n) is 5.10. The minimum atomic E-state index is 0.146. The maximum absolute atomic E-state index is 9.59. The summed E-state index contributed by atoms with van der Waals surface area (Å²) in [6, 6.07) is 0. The van der Waals surface area contributed by atoms with Crippen molar-refractivity contribution in [1.82, 2.24) is 5.32 Å². The number of piperidine rings is 1. The van der Waals surface area contributed by atoms with Crippen LogP contribution in [-0.4, -0.2) is 37.5 Å². The molecule has 0 unspecified atom stereocenters. The Labute approximate surface area is 92.2 Å². The van der Waals surface area contributed by atoms with Crippen molar-refractivity contribution in [3.05, 3.63) is 0 Å². The Morgan fingerprint density at radius 1 is 1.27 bits per heavy atom. The lowest BCUT2D eigenvalue weighted by Crippen LogP contribution is -2.42. The molecule has 0 spiro atoms. The van der Waals surface area contributed by atoms with E-state index < -0.39 is 0 Å². The first-order chi connectivity index (χ1) is 7.35. The molecule has 3 heteroatoms. The molecule has 2 rings (SSSR count). The summed E-state index contributed by atoms with van der Waals surface area (Å²) < 4.78 is 5.78. The normalized spacial score (nSPS) is 31.4. The van der Waals surface area contributed by atoms with Gasteiger partial charge in [0.05, 0.1) is 6.10 Å². The molecule has 2 heterocycles. The van der Waals surface area contributed by atoms with Crippen LogP contribution in [0.15, 0.2) is 0 Å². The molecular weight excluding hydrogens is 190 g/mol. The third-order valence-corrected chi connectivity index (χ3v) is 3.93. The maximum atomic E-state index is 9.59. The SMILES string of the molecule is OCC1(C[C@H]2CCCCO2)CCNCC1. The summed E-state index contributed by atoms with van der Waals surface area (Å²) in [4.78, 5) is 0. The summed E-state index contributed by atoms with van der Waals surface area (Å²) in [7, 11) is 0. The van der Waals surface area contributed by atoms with E-state index in [0.29, 0.717) is 12.7 Å². The number of aliphatic hydroxyl groups excluding tert-OH is 1. The van der Waals surface area contributed by atoms with Crippen molar-refractivity contribution in [2.75, 3.05) is 26.3 Å². The van der Waals surface area contributed by atoms with Gasteiger partial charge in [0.25, 0.3) is 0 Å². The largest absolute Gasteiger partial charge is 0.396 e. The molecule has 2 aliphatic heterocycles. The first-order valence-electron chi connectivity index (χ1n) is 6.28. The van der Waals surface area contributed by atoms with Crippen LogP contribution in [0.25, 0.3) is 0 Å². The van der Waals surface area contributed by atoms with Crippen molar-refractivity contribution in [3.8, 4) is 0 Å². The van der Waals surface area contributed by atoms with Crippen molar-refractivity contribution in [2.24, 2.45) is 5.41 Å². The van der Waals surface area contributed by atoms with Crippen LogP contribution in [0.4, 0.5) is 0 Å². The van der Waals surface area contributed by atoms with Crippen molar-refractivity contribution < 1.29 is 9.84 Å². The van der Waals surface area contributed by atoms with Gasteiger partial charge < -0.3 is 15.2 Å². The third kappa shape index (κ3) is 2.92. The Hall–Kier alpha value is -0.120. The van der Waals surface area contributed by atoms with Gasteiger partial charge in [-0.3, -0.25) is 0 Å². The first-order valence-corrected chi connectivity index (χ1v) is 6.28. The summed E-state index contributed by atoms with van der Waals surface area (Å²) in [5, 5.41) is 12.9. The molecular formula is C12H23NO2. The molecule has 88 valence electrons. The van der Waals surface area contributed by atoms with Crippen molar-refractivity contribution >= 4 is 0 Å². The predicted molar refractivity (Wildman–Crippen MR) is 59.8 cm³/mol. The highest BCUT2D eigenvalue weighted by atomic mass is 16.5. The van der Waals surface area contributed by atoms with E-state index in [1.807, 2.05) is 0 Å². The van der Waals surface area contributed by atoms with E-state index in [1.54, 1.807) is 0 Å². The highest BCUT2D eigenvalue weighted by molar-refractivity contribution is 4.87. The van der Waals surface area contributed by atoms with Crippen LogP contribution in [0.2, 0.25) is 0 Å². The topological polar surface area (TPSA) is 41.5 Å². The Morgan fingerprint density at radius 2 is 2.07 bits per heavy atom. The van der Waals surface area contributed by atoms with Gasteiger partial charge in [-0.2, -0.15) is 0 Å². The van der Waals surface area contributed by atoms with Gasteiger partial charge in [-0.15, -0.1) is 0 Å². The Morgan fingerprint density at radius 3 is 2.67 bits per heavy atom. The fraction of sp³-hybridized carbons (Fsp3) is 1.00. The number of aliphatic hydroxyl groups is 1. The molecule has 2 N–H and O–H groups in total. The third-order valence-electron chi connectivity index (χ3n) is 3.93. The molecule has 0 saturated carbocycles. The maximum Gasteiger partial charge on any atom is 0.0581 e. The van der Waals surface area contributed by atoms with Crippen LogP contribution in [-0.2, 0) is 4.74 Å². The van der Waals surface area contributed by atoms with E-state index in [9.17, 15) is 5.11 Å². The van der Waals surface area contributed by atoms with E-state index >= 15 is 0 Å². The summed E-state index contributed by atoms with van der Waals surface area (Å²) in [6.07, 6.45) is 7.37. The van der Waals surface area contributed by atoms with Crippen LogP contribution >= 0.6 is 0 Å². The molecule has 0 aliphatic carbocycles. The summed E-state index contributed by atoms with van der Waals surface area (Å²) in [5.74, 6) is 0. The van der Waals surface area contributed by atoms with Gasteiger partial charge in [0.15, 0.2) is 0 Å². The first kappa shape index (κ1) is 11.4. The number of hydrogen-bond donors (Lipinski definition) is 2. The van der Waals surface area contributed by atoms with Gasteiger partial charge in [-0.1, -0.05) is 0 Å². The zero-order valence-corrected chi connectivity index (χ0v) is 9.50. The second kappa shape index (κ2) is 5.28. The van der Waals surface area contributed by atoms with Crippen LogP contribution in [0.3, 0.4) is 0 Å². The summed E-state index contributed by atoms with van der Waals surface area (Å²) in [6.45, 7) is 3.35. The van der Waals surface area contributed by atoms with Crippen LogP contribution in [0.5, 0.6) is 0 Å². The van der Waals surface area contributed by atoms with Crippen LogP contribution < -0.4 is 5.32 Å². The fourth-order valence-electron chi connectivity index (χ4n) is 2.84. The lowest BCUT2D eigenvalue weighted by atomic mass is 9.74. The van der Waals surface area contributed by atoms with Gasteiger partial charge >= 0.3 is 0 Å². The van der Waals surface area contributed by atoms with Crippen molar-refractivity contribution in [1.29, 1.82) is 0 Å². The standard InChI is InChI=1S/C12H23NO2/c14-10-12(4-6-13-7-5-12)9-11-3-1-2-8-15-11/h11,13-14H,1-10H2/t11-/m1/s1. The van der Waals surface area contributed by atoms with E-state index in [0.717, 1.165) is 39.0 Å². The molecule has 2 saturated heterocycles. The van der Waals surface area contributed by atoms with Gasteiger partial charge in [0.1, 0.15) is 0 Å². The quantitative estimate of drug-likeness (QED) is 0.742. The van der Waals surface area contributed by atoms with E-state index in [2.05, 4.69) is 5.32 Å². The minimum absolute atomic E-state index is 0.146. The van der Waals surface area contributed by atoms with E-state index in [1.165, 1.54) is 19.3 Å². The molecule has 0 aromatic carbocycles. The average molecular weight is 213 g/mol. The minimum Gasteiger partial charge on any atom is -0.396 e. The molecule has 0 aromatic rings. The molecule has 0 amide bonds. The zero-order chi connectivity index (χ0) is 10.6. The Kier molecular flexibility index (Phi) is 4.00. The molecule has 2 fully saturated rings. The molecule has 15 heavy (non-hydrogen) atoms. The van der Waals surface area contributed by atoms with Crippen molar-refractivity contribution in [2.45, 2.75) is 44.6 Å². The van der Waals surface area contributed by atoms with E-state index in [-0.39, 0.29) is 5.41 Å². The zero-order valence-electron chi connectivity index (χ0n) is 9.50. The van der Waals surface area contributed by atoms with Gasteiger partial charge in [-0.05, 0) is 57.0 Å². The molecule has 0 bridgehead atoms. The Balaban J connectivity index is 1.87. The summed E-state index contributed by atoms with van der Waals surface area (Å²) >= 11 is 0. The molecule has 3 nitrogen and oxygen atoms in total. The number of rotatable bonds is 3. The molecule has 1 atom stereocenters. The number of nitrogens with one attached hydrogen (secondary N) is 1. The molecule has 0 radical (unpaired) electrons. The van der Waals surface area contributed by atoms with Crippen LogP contribution in [0.1, 0.15) is 38.5 Å². The van der Waals surface area contributed by atoms with Gasteiger partial charge in [-0.25, -0.2) is 0 Å². The van der Waals surface area contributed by atoms with Crippen LogP contribution in [0, 0.1) is 5.41 Å². The Bertz CT molecular complexity index is 184. The molecule has 2 aliphatic rings. The van der Waals surface area contributed by atoms with Gasteiger partial charge in [0.2, 0.25) is 0 Å². The number of hydrogen-bond acceptors (Lipinski definition) is 3. The predicted octanol–water partition coefficient (Wildman–Crippen LogP) is 1.31. The summed E-state index contributed by atoms with van der Waals surface area (Å²) in [5.41, 5.74) is 0.146.